The Kier molecular flexibility index (Phi) is 6.14. The Bertz CT molecular complexity index is 691. The van der Waals surface area contributed by atoms with Crippen LogP contribution in [0.5, 0.6) is 5.75 Å². The molecule has 1 aromatic carbocycles. The summed E-state index contributed by atoms with van der Waals surface area (Å²) in [6.45, 7) is 2.90. The lowest BCUT2D eigenvalue weighted by atomic mass is 9.78. The molecule has 3 unspecified atom stereocenters. The molecule has 2 saturated heterocycles. The lowest BCUT2D eigenvalue weighted by Crippen LogP contribution is -2.39. The van der Waals surface area contributed by atoms with Gasteiger partial charge in [-0.3, -0.25) is 4.79 Å². The molecule has 2 aliphatic heterocycles. The van der Waals surface area contributed by atoms with Gasteiger partial charge in [-0.2, -0.15) is 0 Å². The van der Waals surface area contributed by atoms with E-state index in [0.717, 1.165) is 63.9 Å². The molecule has 1 saturated carbocycles. The molecule has 1 aromatic rings. The third-order valence-electron chi connectivity index (χ3n) is 6.72. The standard InChI is InChI=1S/C22H30F2N2O2/c23-19-8-7-16(14-20(19)24)28-15-9-12-26(13-10-15)11-3-5-18-17-4-1-2-6-21(17)25-22(18)27/h7-8,14-15,17-18,21H,1-6,9-13H2,(H,25,27). The fourth-order valence-electron chi connectivity index (χ4n) is 5.18. The maximum Gasteiger partial charge on any atom is 0.223 e. The van der Waals surface area contributed by atoms with Gasteiger partial charge in [0.25, 0.3) is 0 Å². The van der Waals surface area contributed by atoms with Gasteiger partial charge in [0.05, 0.1) is 0 Å². The molecule has 4 nitrogen and oxygen atoms in total. The SMILES string of the molecule is O=C1NC2CCCCC2C1CCCN1CCC(Oc2ccc(F)c(F)c2)CC1. The van der Waals surface area contributed by atoms with Gasteiger partial charge in [0.1, 0.15) is 11.9 Å². The summed E-state index contributed by atoms with van der Waals surface area (Å²) in [5, 5.41) is 3.21. The Balaban J connectivity index is 1.18. The minimum atomic E-state index is -0.869. The number of carbonyl (C=O) groups is 1. The first-order valence-electron chi connectivity index (χ1n) is 10.7. The topological polar surface area (TPSA) is 41.6 Å². The highest BCUT2D eigenvalue weighted by Crippen LogP contribution is 2.37. The number of halogens is 2. The third kappa shape index (κ3) is 4.48. The van der Waals surface area contributed by atoms with Crippen LogP contribution in [0, 0.1) is 23.5 Å². The van der Waals surface area contributed by atoms with Gasteiger partial charge in [-0.05, 0) is 63.1 Å². The number of benzene rings is 1. The van der Waals surface area contributed by atoms with Crippen LogP contribution in [0.3, 0.4) is 0 Å². The van der Waals surface area contributed by atoms with E-state index in [2.05, 4.69) is 10.2 Å². The van der Waals surface area contributed by atoms with Crippen LogP contribution in [0.4, 0.5) is 8.78 Å². The summed E-state index contributed by atoms with van der Waals surface area (Å²) in [4.78, 5) is 14.7. The predicted molar refractivity (Wildman–Crippen MR) is 103 cm³/mol. The summed E-state index contributed by atoms with van der Waals surface area (Å²) in [6, 6.07) is 4.13. The van der Waals surface area contributed by atoms with Crippen LogP contribution >= 0.6 is 0 Å². The third-order valence-corrected chi connectivity index (χ3v) is 6.72. The molecule has 0 bridgehead atoms. The number of nitrogens with one attached hydrogen (secondary N) is 1. The van der Waals surface area contributed by atoms with E-state index in [0.29, 0.717) is 17.7 Å². The molecule has 0 radical (unpaired) electrons. The van der Waals surface area contributed by atoms with Crippen LogP contribution in [0.25, 0.3) is 0 Å². The molecule has 1 amide bonds. The van der Waals surface area contributed by atoms with Gasteiger partial charge in [-0.1, -0.05) is 12.8 Å². The monoisotopic (exact) mass is 392 g/mol. The smallest absolute Gasteiger partial charge is 0.223 e. The van der Waals surface area contributed by atoms with Crippen molar-refractivity contribution in [1.82, 2.24) is 10.2 Å². The zero-order valence-corrected chi connectivity index (χ0v) is 16.3. The number of likely N-dealkylation sites (tertiary alicyclic amines) is 1. The molecule has 3 fully saturated rings. The molecule has 3 atom stereocenters. The highest BCUT2D eigenvalue weighted by Gasteiger charge is 2.42. The second-order valence-corrected chi connectivity index (χ2v) is 8.55. The van der Waals surface area contributed by atoms with E-state index in [9.17, 15) is 13.6 Å². The zero-order chi connectivity index (χ0) is 19.5. The molecular formula is C22H30F2N2O2. The first-order valence-corrected chi connectivity index (χ1v) is 10.7. The first-order chi connectivity index (χ1) is 13.6. The highest BCUT2D eigenvalue weighted by atomic mass is 19.2. The van der Waals surface area contributed by atoms with Crippen molar-refractivity contribution in [2.75, 3.05) is 19.6 Å². The minimum Gasteiger partial charge on any atom is -0.490 e. The van der Waals surface area contributed by atoms with Gasteiger partial charge in [-0.15, -0.1) is 0 Å². The molecule has 154 valence electrons. The maximum absolute atomic E-state index is 13.3. The fraction of sp³-hybridized carbons (Fsp3) is 0.682. The number of nitrogens with zero attached hydrogens (tertiary/aromatic N) is 1. The van der Waals surface area contributed by atoms with Gasteiger partial charge in [0.2, 0.25) is 5.91 Å². The number of fused-ring (bicyclic) bond motifs is 1. The zero-order valence-electron chi connectivity index (χ0n) is 16.3. The van der Waals surface area contributed by atoms with E-state index in [1.165, 1.54) is 25.3 Å². The Labute approximate surface area is 165 Å². The van der Waals surface area contributed by atoms with E-state index in [1.54, 1.807) is 0 Å². The van der Waals surface area contributed by atoms with Crippen molar-refractivity contribution in [3.63, 3.8) is 0 Å². The summed E-state index contributed by atoms with van der Waals surface area (Å²) in [7, 11) is 0. The van der Waals surface area contributed by atoms with Crippen molar-refractivity contribution in [2.24, 2.45) is 11.8 Å². The van der Waals surface area contributed by atoms with Crippen LogP contribution < -0.4 is 10.1 Å². The normalized spacial score (nSPS) is 28.8. The summed E-state index contributed by atoms with van der Waals surface area (Å²) in [5.41, 5.74) is 0. The largest absolute Gasteiger partial charge is 0.490 e. The van der Waals surface area contributed by atoms with E-state index in [1.807, 2.05) is 0 Å². The van der Waals surface area contributed by atoms with Gasteiger partial charge >= 0.3 is 0 Å². The second-order valence-electron chi connectivity index (χ2n) is 8.55. The molecule has 0 spiro atoms. The van der Waals surface area contributed by atoms with Gasteiger partial charge in [0, 0.05) is 31.1 Å². The number of carbonyl (C=O) groups excluding carboxylic acids is 1. The van der Waals surface area contributed by atoms with Crippen LogP contribution in [0.15, 0.2) is 18.2 Å². The number of piperidine rings is 1. The number of hydrogen-bond acceptors (Lipinski definition) is 3. The van der Waals surface area contributed by atoms with Crippen molar-refractivity contribution >= 4 is 5.91 Å². The highest BCUT2D eigenvalue weighted by molar-refractivity contribution is 5.81. The Hall–Kier alpha value is -1.69. The predicted octanol–water partition coefficient (Wildman–Crippen LogP) is 3.89. The molecule has 0 aromatic heterocycles. The minimum absolute atomic E-state index is 0.0460. The molecule has 1 aliphatic carbocycles. The summed E-state index contributed by atoms with van der Waals surface area (Å²) < 4.78 is 32.1. The number of amides is 1. The van der Waals surface area contributed by atoms with Crippen LogP contribution in [-0.4, -0.2) is 42.6 Å². The van der Waals surface area contributed by atoms with E-state index in [4.69, 9.17) is 4.74 Å². The maximum atomic E-state index is 13.3. The van der Waals surface area contributed by atoms with Crippen molar-refractivity contribution in [3.8, 4) is 5.75 Å². The van der Waals surface area contributed by atoms with Crippen LogP contribution in [0.2, 0.25) is 0 Å². The Morgan fingerprint density at radius 2 is 1.86 bits per heavy atom. The molecule has 6 heteroatoms. The van der Waals surface area contributed by atoms with E-state index < -0.39 is 11.6 Å². The lowest BCUT2D eigenvalue weighted by molar-refractivity contribution is -0.123. The average Bonchev–Trinajstić information content (AvgIpc) is 3.01. The van der Waals surface area contributed by atoms with Crippen LogP contribution in [-0.2, 0) is 4.79 Å². The van der Waals surface area contributed by atoms with Crippen molar-refractivity contribution in [1.29, 1.82) is 0 Å². The first kappa shape index (κ1) is 19.6. The molecule has 28 heavy (non-hydrogen) atoms. The summed E-state index contributed by atoms with van der Waals surface area (Å²) in [5.74, 6) is -0.290. The summed E-state index contributed by atoms with van der Waals surface area (Å²) >= 11 is 0. The van der Waals surface area contributed by atoms with Crippen LogP contribution in [0.1, 0.15) is 51.4 Å². The molecule has 4 rings (SSSR count). The average molecular weight is 392 g/mol. The Morgan fingerprint density at radius 1 is 1.07 bits per heavy atom. The fourth-order valence-corrected chi connectivity index (χ4v) is 5.18. The summed E-state index contributed by atoms with van der Waals surface area (Å²) in [6.07, 6.45) is 8.70. The number of ether oxygens (including phenoxy) is 1. The van der Waals surface area contributed by atoms with Crippen molar-refractivity contribution < 1.29 is 18.3 Å². The van der Waals surface area contributed by atoms with Crippen molar-refractivity contribution in [3.05, 3.63) is 29.8 Å². The van der Waals surface area contributed by atoms with Gasteiger partial charge < -0.3 is 15.0 Å². The molecular weight excluding hydrogens is 362 g/mol. The van der Waals surface area contributed by atoms with Gasteiger partial charge in [0.15, 0.2) is 11.6 Å². The van der Waals surface area contributed by atoms with E-state index >= 15 is 0 Å². The Morgan fingerprint density at radius 3 is 2.64 bits per heavy atom. The van der Waals surface area contributed by atoms with Crippen molar-refractivity contribution in [2.45, 2.75) is 63.5 Å². The molecule has 1 N–H and O–H groups in total. The molecule has 3 aliphatic rings. The quantitative estimate of drug-likeness (QED) is 0.799. The second kappa shape index (κ2) is 8.76. The lowest BCUT2D eigenvalue weighted by Gasteiger charge is -2.32. The van der Waals surface area contributed by atoms with Gasteiger partial charge in [-0.25, -0.2) is 8.78 Å². The van der Waals surface area contributed by atoms with E-state index in [-0.39, 0.29) is 17.9 Å². The number of hydrogen-bond donors (Lipinski definition) is 1. The number of rotatable bonds is 6. The molecule has 2 heterocycles.